The molecule has 0 saturated heterocycles. The molecule has 27 heavy (non-hydrogen) atoms. The van der Waals surface area contributed by atoms with Crippen LogP contribution in [-0.2, 0) is 19.1 Å². The summed E-state index contributed by atoms with van der Waals surface area (Å²) in [4.78, 5) is 26.3. The van der Waals surface area contributed by atoms with Crippen LogP contribution in [0.4, 0.5) is 5.69 Å². The maximum Gasteiger partial charge on any atom is 0.355 e. The predicted molar refractivity (Wildman–Crippen MR) is 108 cm³/mol. The molecule has 6 heteroatoms. The van der Waals surface area contributed by atoms with Gasteiger partial charge >= 0.3 is 11.9 Å². The summed E-state index contributed by atoms with van der Waals surface area (Å²) in [7, 11) is 1.03. The molecule has 0 radical (unpaired) electrons. The number of carbonyl (C=O) groups excluding carboxylic acids is 2. The number of hydrogen-bond donors (Lipinski definition) is 0. The Balaban J connectivity index is 2.59. The molecule has 0 aliphatic carbocycles. The highest BCUT2D eigenvalue weighted by Gasteiger charge is 2.27. The van der Waals surface area contributed by atoms with Gasteiger partial charge in [0.2, 0.25) is 0 Å². The van der Waals surface area contributed by atoms with Gasteiger partial charge in [-0.15, -0.1) is 5.54 Å². The smallest absolute Gasteiger partial charge is 0.355 e. The van der Waals surface area contributed by atoms with E-state index in [1.54, 1.807) is 23.3 Å². The molecular weight excluding hydrogens is 358 g/mol. The average molecular weight is 382 g/mol. The first-order chi connectivity index (χ1) is 12.8. The molecule has 0 atom stereocenters. The van der Waals surface area contributed by atoms with Crippen molar-refractivity contribution in [1.82, 2.24) is 0 Å². The molecule has 0 bridgehead atoms. The van der Waals surface area contributed by atoms with Crippen molar-refractivity contribution in [3.63, 3.8) is 0 Å². The summed E-state index contributed by atoms with van der Waals surface area (Å²) in [6.07, 6.45) is 6.64. The first-order valence-corrected chi connectivity index (χ1v) is 11.9. The molecule has 0 unspecified atom stereocenters. The van der Waals surface area contributed by atoms with Crippen molar-refractivity contribution in [2.75, 3.05) is 19.1 Å². The molecule has 1 aliphatic rings. The monoisotopic (exact) mass is 381 g/mol. The summed E-state index contributed by atoms with van der Waals surface area (Å²) >= 11 is 0. The summed E-state index contributed by atoms with van der Waals surface area (Å²) < 4.78 is 9.73. The number of methoxy groups -OCH3 is 2. The van der Waals surface area contributed by atoms with E-state index in [2.05, 4.69) is 31.1 Å². The Morgan fingerprint density at radius 2 is 1.74 bits per heavy atom. The fourth-order valence-corrected chi connectivity index (χ4v) is 2.88. The average Bonchev–Trinajstić information content (AvgIpc) is 2.87. The van der Waals surface area contributed by atoms with Crippen LogP contribution in [0.1, 0.15) is 5.56 Å². The van der Waals surface area contributed by atoms with Gasteiger partial charge in [0.25, 0.3) is 0 Å². The highest BCUT2D eigenvalue weighted by molar-refractivity contribution is 6.83. The van der Waals surface area contributed by atoms with E-state index in [9.17, 15) is 9.59 Å². The second kappa shape index (κ2) is 8.56. The Labute approximate surface area is 161 Å². The van der Waals surface area contributed by atoms with Crippen LogP contribution in [0.2, 0.25) is 19.6 Å². The SMILES string of the molecule is COC(=O)C1=C(C(=O)OC)N(c2cccc(C#C[Si](C)(C)C)c2)C=CC=C1. The van der Waals surface area contributed by atoms with E-state index >= 15 is 0 Å². The third kappa shape index (κ3) is 5.22. The molecule has 1 aliphatic heterocycles. The van der Waals surface area contributed by atoms with E-state index in [0.29, 0.717) is 5.69 Å². The van der Waals surface area contributed by atoms with Crippen LogP contribution in [-0.4, -0.2) is 34.2 Å². The number of ether oxygens (including phenoxy) is 2. The van der Waals surface area contributed by atoms with Gasteiger partial charge in [-0.3, -0.25) is 0 Å². The normalized spacial score (nSPS) is 13.6. The van der Waals surface area contributed by atoms with Crippen LogP contribution in [0.3, 0.4) is 0 Å². The van der Waals surface area contributed by atoms with Crippen molar-refractivity contribution in [3.8, 4) is 11.5 Å². The van der Waals surface area contributed by atoms with Gasteiger partial charge in [0.05, 0.1) is 19.8 Å². The second-order valence-corrected chi connectivity index (χ2v) is 11.6. The minimum Gasteiger partial charge on any atom is -0.465 e. The summed E-state index contributed by atoms with van der Waals surface area (Å²) in [5, 5.41) is 0. The second-order valence-electron chi connectivity index (χ2n) is 6.87. The Kier molecular flexibility index (Phi) is 6.43. The lowest BCUT2D eigenvalue weighted by atomic mass is 10.1. The zero-order valence-corrected chi connectivity index (χ0v) is 17.2. The number of nitrogens with zero attached hydrogens (tertiary/aromatic N) is 1. The highest BCUT2D eigenvalue weighted by Crippen LogP contribution is 2.26. The van der Waals surface area contributed by atoms with Crippen LogP contribution in [0.5, 0.6) is 0 Å². The number of benzene rings is 1. The third-order valence-corrected chi connectivity index (χ3v) is 4.47. The lowest BCUT2D eigenvalue weighted by Gasteiger charge is -2.23. The first-order valence-electron chi connectivity index (χ1n) is 8.45. The Morgan fingerprint density at radius 1 is 1.04 bits per heavy atom. The molecular formula is C21H23NO4Si. The van der Waals surface area contributed by atoms with E-state index in [1.807, 2.05) is 24.3 Å². The van der Waals surface area contributed by atoms with Crippen molar-refractivity contribution < 1.29 is 19.1 Å². The summed E-state index contributed by atoms with van der Waals surface area (Å²) in [6, 6.07) is 7.50. The molecule has 0 N–H and O–H groups in total. The van der Waals surface area contributed by atoms with Gasteiger partial charge in [-0.1, -0.05) is 37.7 Å². The van der Waals surface area contributed by atoms with E-state index in [-0.39, 0.29) is 11.3 Å². The van der Waals surface area contributed by atoms with Gasteiger partial charge in [0, 0.05) is 17.5 Å². The highest BCUT2D eigenvalue weighted by atomic mass is 28.3. The topological polar surface area (TPSA) is 55.8 Å². The maximum atomic E-state index is 12.5. The maximum absolute atomic E-state index is 12.5. The number of anilines is 1. The lowest BCUT2D eigenvalue weighted by Crippen LogP contribution is -2.27. The van der Waals surface area contributed by atoms with Crippen LogP contribution in [0.15, 0.2) is 60.0 Å². The van der Waals surface area contributed by atoms with E-state index in [1.165, 1.54) is 20.3 Å². The zero-order valence-electron chi connectivity index (χ0n) is 16.2. The van der Waals surface area contributed by atoms with Gasteiger partial charge < -0.3 is 14.4 Å². The molecule has 1 aromatic carbocycles. The number of hydrogen-bond acceptors (Lipinski definition) is 5. The number of esters is 2. The van der Waals surface area contributed by atoms with E-state index < -0.39 is 20.0 Å². The molecule has 2 rings (SSSR count). The predicted octanol–water partition coefficient (Wildman–Crippen LogP) is 3.41. The third-order valence-electron chi connectivity index (χ3n) is 3.60. The summed E-state index contributed by atoms with van der Waals surface area (Å²) in [5.41, 5.74) is 5.06. The van der Waals surface area contributed by atoms with Gasteiger partial charge in [0.1, 0.15) is 13.8 Å². The number of allylic oxidation sites excluding steroid dienone is 2. The zero-order chi connectivity index (χ0) is 20.0. The van der Waals surface area contributed by atoms with Gasteiger partial charge in [-0.05, 0) is 30.4 Å². The first kappa shape index (κ1) is 20.3. The van der Waals surface area contributed by atoms with Crippen molar-refractivity contribution in [2.24, 2.45) is 0 Å². The van der Waals surface area contributed by atoms with Crippen LogP contribution < -0.4 is 4.90 Å². The fourth-order valence-electron chi connectivity index (χ4n) is 2.36. The Bertz CT molecular complexity index is 895. The lowest BCUT2D eigenvalue weighted by molar-refractivity contribution is -0.139. The van der Waals surface area contributed by atoms with Crippen molar-refractivity contribution in [2.45, 2.75) is 19.6 Å². The Morgan fingerprint density at radius 3 is 2.37 bits per heavy atom. The van der Waals surface area contributed by atoms with Gasteiger partial charge in [-0.25, -0.2) is 9.59 Å². The Hall–Kier alpha value is -3.04. The van der Waals surface area contributed by atoms with Crippen LogP contribution >= 0.6 is 0 Å². The quantitative estimate of drug-likeness (QED) is 0.456. The number of rotatable bonds is 3. The van der Waals surface area contributed by atoms with Crippen molar-refractivity contribution in [1.29, 1.82) is 0 Å². The van der Waals surface area contributed by atoms with E-state index in [4.69, 9.17) is 9.47 Å². The molecule has 1 heterocycles. The molecule has 0 aromatic heterocycles. The van der Waals surface area contributed by atoms with Gasteiger partial charge in [-0.2, -0.15) is 0 Å². The molecule has 0 spiro atoms. The van der Waals surface area contributed by atoms with Crippen LogP contribution in [0, 0.1) is 11.5 Å². The molecule has 5 nitrogen and oxygen atoms in total. The largest absolute Gasteiger partial charge is 0.465 e. The van der Waals surface area contributed by atoms with Gasteiger partial charge in [0.15, 0.2) is 0 Å². The minimum atomic E-state index is -1.52. The van der Waals surface area contributed by atoms with Crippen LogP contribution in [0.25, 0.3) is 0 Å². The molecule has 0 fully saturated rings. The minimum absolute atomic E-state index is 0.0876. The van der Waals surface area contributed by atoms with Crippen molar-refractivity contribution >= 4 is 25.7 Å². The standard InChI is InChI=1S/C21H23NO4Si/c1-25-20(23)18-11-6-7-13-22(19(18)21(24)26-2)17-10-8-9-16(15-17)12-14-27(3,4)5/h6-11,13,15H,1-5H3. The number of carbonyl (C=O) groups is 2. The molecule has 0 saturated carbocycles. The molecule has 1 aromatic rings. The summed E-state index contributed by atoms with van der Waals surface area (Å²) in [6.45, 7) is 6.52. The molecule has 140 valence electrons. The fraction of sp³-hybridized carbons (Fsp3) is 0.238. The van der Waals surface area contributed by atoms with E-state index in [0.717, 1.165) is 5.56 Å². The summed E-state index contributed by atoms with van der Waals surface area (Å²) in [5.74, 6) is 1.95. The molecule has 0 amide bonds. The van der Waals surface area contributed by atoms with Crippen molar-refractivity contribution in [3.05, 3.63) is 65.5 Å².